The van der Waals surface area contributed by atoms with Gasteiger partial charge in [0, 0.05) is 13.1 Å². The third kappa shape index (κ3) is 2.45. The van der Waals surface area contributed by atoms with Crippen LogP contribution in [0.3, 0.4) is 0 Å². The number of β-lactam (4-membered cyclic amide) rings is 1. The molecule has 0 radical (unpaired) electrons. The molecule has 1 N–H and O–H groups in total. The molecule has 96 valence electrons. The first-order valence-electron chi connectivity index (χ1n) is 5.76. The fourth-order valence-electron chi connectivity index (χ4n) is 1.97. The average molecular weight is 249 g/mol. The zero-order valence-electron chi connectivity index (χ0n) is 10.1. The molecular formula is C13H15NO4. The lowest BCUT2D eigenvalue weighted by atomic mass is 9.98. The molecule has 0 aliphatic carbocycles. The van der Waals surface area contributed by atoms with E-state index in [0.717, 1.165) is 11.3 Å². The third-order valence-corrected chi connectivity index (χ3v) is 3.12. The number of likely N-dealkylation sites (tertiary alicyclic amines) is 1. The van der Waals surface area contributed by atoms with Gasteiger partial charge in [-0.3, -0.25) is 9.59 Å². The van der Waals surface area contributed by atoms with Gasteiger partial charge < -0.3 is 14.7 Å². The molecule has 5 nitrogen and oxygen atoms in total. The molecule has 1 unspecified atom stereocenters. The van der Waals surface area contributed by atoms with Gasteiger partial charge in [-0.2, -0.15) is 0 Å². The van der Waals surface area contributed by atoms with Crippen LogP contribution in [-0.2, 0) is 16.0 Å². The van der Waals surface area contributed by atoms with E-state index in [0.29, 0.717) is 19.5 Å². The molecular weight excluding hydrogens is 234 g/mol. The Balaban J connectivity index is 1.86. The highest BCUT2D eigenvalue weighted by atomic mass is 16.5. The Kier molecular flexibility index (Phi) is 3.50. The summed E-state index contributed by atoms with van der Waals surface area (Å²) in [6.45, 7) is 0.869. The molecule has 1 fully saturated rings. The van der Waals surface area contributed by atoms with E-state index in [1.54, 1.807) is 12.0 Å². The molecule has 0 bridgehead atoms. The number of aliphatic carboxylic acids is 1. The predicted octanol–water partition coefficient (Wildman–Crippen LogP) is 0.781. The lowest BCUT2D eigenvalue weighted by Gasteiger charge is -2.36. The van der Waals surface area contributed by atoms with E-state index >= 15 is 0 Å². The van der Waals surface area contributed by atoms with Gasteiger partial charge in [-0.15, -0.1) is 0 Å². The molecule has 1 saturated heterocycles. The molecule has 0 saturated carbocycles. The van der Waals surface area contributed by atoms with Crippen LogP contribution < -0.4 is 4.74 Å². The molecule has 1 aromatic rings. The zero-order chi connectivity index (χ0) is 13.1. The van der Waals surface area contributed by atoms with Gasteiger partial charge in [0.25, 0.3) is 0 Å². The largest absolute Gasteiger partial charge is 0.497 e. The van der Waals surface area contributed by atoms with Gasteiger partial charge in [-0.1, -0.05) is 12.1 Å². The molecule has 0 spiro atoms. The molecule has 1 amide bonds. The summed E-state index contributed by atoms with van der Waals surface area (Å²) >= 11 is 0. The molecule has 1 aliphatic heterocycles. The van der Waals surface area contributed by atoms with Crippen molar-refractivity contribution < 1.29 is 19.4 Å². The van der Waals surface area contributed by atoms with E-state index in [4.69, 9.17) is 9.84 Å². The van der Waals surface area contributed by atoms with Crippen LogP contribution in [0.4, 0.5) is 0 Å². The van der Waals surface area contributed by atoms with Crippen LogP contribution in [0.5, 0.6) is 5.75 Å². The number of carboxylic acids is 1. The number of nitrogens with zero attached hydrogens (tertiary/aromatic N) is 1. The topological polar surface area (TPSA) is 66.8 Å². The molecule has 2 rings (SSSR count). The third-order valence-electron chi connectivity index (χ3n) is 3.12. The Morgan fingerprint density at radius 3 is 2.94 bits per heavy atom. The summed E-state index contributed by atoms with van der Waals surface area (Å²) in [5.74, 6) is -1.37. The zero-order valence-corrected chi connectivity index (χ0v) is 10.1. The van der Waals surface area contributed by atoms with Crippen molar-refractivity contribution in [3.63, 3.8) is 0 Å². The Hall–Kier alpha value is -2.04. The SMILES string of the molecule is COc1cccc(CCN2CC(C(=O)O)C2=O)c1. The predicted molar refractivity (Wildman–Crippen MR) is 64.4 cm³/mol. The molecule has 1 heterocycles. The molecule has 1 aliphatic rings. The second kappa shape index (κ2) is 5.08. The lowest BCUT2D eigenvalue weighted by Crippen LogP contribution is -2.56. The molecule has 1 atom stereocenters. The van der Waals surface area contributed by atoms with E-state index in [1.807, 2.05) is 24.3 Å². The van der Waals surface area contributed by atoms with Gasteiger partial charge in [0.05, 0.1) is 7.11 Å². The minimum Gasteiger partial charge on any atom is -0.497 e. The van der Waals surface area contributed by atoms with Gasteiger partial charge in [-0.05, 0) is 24.1 Å². The van der Waals surface area contributed by atoms with E-state index in [2.05, 4.69) is 0 Å². The highest BCUT2D eigenvalue weighted by Crippen LogP contribution is 2.19. The summed E-state index contributed by atoms with van der Waals surface area (Å²) in [5, 5.41) is 8.71. The first-order valence-corrected chi connectivity index (χ1v) is 5.76. The number of carbonyl (C=O) groups excluding carboxylic acids is 1. The van der Waals surface area contributed by atoms with Crippen molar-refractivity contribution in [2.75, 3.05) is 20.2 Å². The maximum Gasteiger partial charge on any atom is 0.317 e. The Morgan fingerprint density at radius 1 is 1.56 bits per heavy atom. The van der Waals surface area contributed by atoms with E-state index in [1.165, 1.54) is 0 Å². The summed E-state index contributed by atoms with van der Waals surface area (Å²) in [7, 11) is 1.61. The Bertz CT molecular complexity index is 472. The number of rotatable bonds is 5. The number of benzene rings is 1. The Labute approximate surface area is 105 Å². The standard InChI is InChI=1S/C13H15NO4/c1-18-10-4-2-3-9(7-10)5-6-14-8-11(12(14)15)13(16)17/h2-4,7,11H,5-6,8H2,1H3,(H,16,17). The van der Waals surface area contributed by atoms with Crippen LogP contribution in [0.2, 0.25) is 0 Å². The van der Waals surface area contributed by atoms with Crippen LogP contribution in [0.15, 0.2) is 24.3 Å². The first-order chi connectivity index (χ1) is 8.61. The summed E-state index contributed by atoms with van der Waals surface area (Å²) in [6, 6.07) is 7.63. The first kappa shape index (κ1) is 12.4. The normalized spacial score (nSPS) is 18.4. The number of hydrogen-bond acceptors (Lipinski definition) is 3. The van der Waals surface area contributed by atoms with Crippen molar-refractivity contribution in [2.24, 2.45) is 5.92 Å². The summed E-state index contributed by atoms with van der Waals surface area (Å²) in [4.78, 5) is 23.7. The van der Waals surface area contributed by atoms with Crippen molar-refractivity contribution in [1.82, 2.24) is 4.90 Å². The second-order valence-electron chi connectivity index (χ2n) is 4.28. The number of carboxylic acid groups (broad SMARTS) is 1. The van der Waals surface area contributed by atoms with Gasteiger partial charge >= 0.3 is 5.97 Å². The van der Waals surface area contributed by atoms with Crippen LogP contribution in [0.25, 0.3) is 0 Å². The lowest BCUT2D eigenvalue weighted by molar-refractivity contribution is -0.161. The van der Waals surface area contributed by atoms with Crippen LogP contribution >= 0.6 is 0 Å². The van der Waals surface area contributed by atoms with Gasteiger partial charge in [-0.25, -0.2) is 0 Å². The second-order valence-corrected chi connectivity index (χ2v) is 4.28. The van der Waals surface area contributed by atoms with Crippen LogP contribution in [0, 0.1) is 5.92 Å². The number of methoxy groups -OCH3 is 1. The van der Waals surface area contributed by atoms with Crippen LogP contribution in [-0.4, -0.2) is 42.1 Å². The number of carbonyl (C=O) groups is 2. The minimum absolute atomic E-state index is 0.287. The molecule has 18 heavy (non-hydrogen) atoms. The minimum atomic E-state index is -1.03. The van der Waals surface area contributed by atoms with Crippen molar-refractivity contribution in [3.8, 4) is 5.75 Å². The fourth-order valence-corrected chi connectivity index (χ4v) is 1.97. The maximum absolute atomic E-state index is 11.5. The van der Waals surface area contributed by atoms with Gasteiger partial charge in [0.2, 0.25) is 5.91 Å². The van der Waals surface area contributed by atoms with Crippen molar-refractivity contribution in [1.29, 1.82) is 0 Å². The highest BCUT2D eigenvalue weighted by Gasteiger charge is 2.41. The van der Waals surface area contributed by atoms with Gasteiger partial charge in [0.15, 0.2) is 5.92 Å². The quantitative estimate of drug-likeness (QED) is 0.618. The maximum atomic E-state index is 11.5. The monoisotopic (exact) mass is 249 g/mol. The van der Waals surface area contributed by atoms with Crippen LogP contribution in [0.1, 0.15) is 5.56 Å². The Morgan fingerprint density at radius 2 is 2.33 bits per heavy atom. The summed E-state index contributed by atoms with van der Waals surface area (Å²) in [5.41, 5.74) is 1.07. The molecule has 0 aromatic heterocycles. The summed E-state index contributed by atoms with van der Waals surface area (Å²) < 4.78 is 5.11. The smallest absolute Gasteiger partial charge is 0.317 e. The molecule has 5 heteroatoms. The number of hydrogen-bond donors (Lipinski definition) is 1. The number of amides is 1. The van der Waals surface area contributed by atoms with Crippen molar-refractivity contribution in [3.05, 3.63) is 29.8 Å². The number of ether oxygens (including phenoxy) is 1. The fraction of sp³-hybridized carbons (Fsp3) is 0.385. The van der Waals surface area contributed by atoms with E-state index in [-0.39, 0.29) is 5.91 Å². The van der Waals surface area contributed by atoms with E-state index in [9.17, 15) is 9.59 Å². The van der Waals surface area contributed by atoms with E-state index < -0.39 is 11.9 Å². The molecule has 1 aromatic carbocycles. The summed E-state index contributed by atoms with van der Waals surface area (Å²) in [6.07, 6.45) is 0.704. The highest BCUT2D eigenvalue weighted by molar-refractivity contribution is 6.01. The van der Waals surface area contributed by atoms with Gasteiger partial charge in [0.1, 0.15) is 5.75 Å². The van der Waals surface area contributed by atoms with Crippen molar-refractivity contribution >= 4 is 11.9 Å². The van der Waals surface area contributed by atoms with Crippen molar-refractivity contribution in [2.45, 2.75) is 6.42 Å². The average Bonchev–Trinajstić information content (AvgIpc) is 2.36.